The van der Waals surface area contributed by atoms with E-state index in [1.54, 1.807) is 0 Å². The molecule has 0 saturated heterocycles. The fourth-order valence-corrected chi connectivity index (χ4v) is 7.93. The molecule has 9 aromatic carbocycles. The molecular formula is C52H34FNO. The number of para-hydroxylation sites is 2. The molecule has 0 fully saturated rings. The van der Waals surface area contributed by atoms with Crippen LogP contribution in [0.15, 0.2) is 211 Å². The highest BCUT2D eigenvalue weighted by molar-refractivity contribution is 6.10. The highest BCUT2D eigenvalue weighted by Crippen LogP contribution is 2.42. The van der Waals surface area contributed by atoms with Crippen molar-refractivity contribution in [1.82, 2.24) is 0 Å². The van der Waals surface area contributed by atoms with Crippen LogP contribution in [0.5, 0.6) is 0 Å². The van der Waals surface area contributed by atoms with Gasteiger partial charge in [0.05, 0.1) is 0 Å². The number of hydrogen-bond donors (Lipinski definition) is 0. The Kier molecular flexibility index (Phi) is 8.04. The molecule has 3 heteroatoms. The highest BCUT2D eigenvalue weighted by Gasteiger charge is 2.18. The Labute approximate surface area is 319 Å². The third-order valence-electron chi connectivity index (χ3n) is 10.5. The van der Waals surface area contributed by atoms with Crippen molar-refractivity contribution in [2.24, 2.45) is 0 Å². The Hall–Kier alpha value is -7.23. The van der Waals surface area contributed by atoms with E-state index in [-0.39, 0.29) is 5.82 Å². The van der Waals surface area contributed by atoms with Gasteiger partial charge >= 0.3 is 0 Å². The Morgan fingerprint density at radius 2 is 0.909 bits per heavy atom. The van der Waals surface area contributed by atoms with Crippen molar-refractivity contribution >= 4 is 49.8 Å². The number of benzene rings is 9. The van der Waals surface area contributed by atoms with Crippen LogP contribution >= 0.6 is 0 Å². The lowest BCUT2D eigenvalue weighted by Gasteiger charge is -2.27. The lowest BCUT2D eigenvalue weighted by Crippen LogP contribution is -2.10. The molecule has 0 saturated carbocycles. The summed E-state index contributed by atoms with van der Waals surface area (Å²) in [5.41, 5.74) is 13.6. The molecule has 0 amide bonds. The molecular weight excluding hydrogens is 674 g/mol. The Morgan fingerprint density at radius 1 is 0.364 bits per heavy atom. The SMILES string of the molecule is Fc1ccc(-c2cccc3cccc(-c4ccc(N(c5cccc(-c6ccccc6)c5)c5cccc(-c6cccc7c6oc6ccccc67)c5)cc4)c23)cc1. The summed E-state index contributed by atoms with van der Waals surface area (Å²) in [7, 11) is 0. The van der Waals surface area contributed by atoms with E-state index in [9.17, 15) is 4.39 Å². The second kappa shape index (κ2) is 13.6. The highest BCUT2D eigenvalue weighted by atomic mass is 19.1. The van der Waals surface area contributed by atoms with Gasteiger partial charge < -0.3 is 9.32 Å². The maximum absolute atomic E-state index is 13.9. The molecule has 1 heterocycles. The summed E-state index contributed by atoms with van der Waals surface area (Å²) in [6.07, 6.45) is 0. The maximum Gasteiger partial charge on any atom is 0.143 e. The van der Waals surface area contributed by atoms with Gasteiger partial charge in [-0.15, -0.1) is 0 Å². The topological polar surface area (TPSA) is 16.4 Å². The van der Waals surface area contributed by atoms with Crippen LogP contribution in [0.25, 0.3) is 77.2 Å². The van der Waals surface area contributed by atoms with E-state index in [2.05, 4.69) is 169 Å². The van der Waals surface area contributed by atoms with Crippen molar-refractivity contribution in [3.05, 3.63) is 212 Å². The van der Waals surface area contributed by atoms with Crippen molar-refractivity contribution in [2.45, 2.75) is 0 Å². The Bertz CT molecular complexity index is 2980. The number of hydrogen-bond acceptors (Lipinski definition) is 2. The predicted octanol–water partition coefficient (Wildman–Crippen LogP) is 15.0. The van der Waals surface area contributed by atoms with Crippen LogP contribution in [-0.2, 0) is 0 Å². The molecule has 10 aromatic rings. The Balaban J connectivity index is 1.11. The lowest BCUT2D eigenvalue weighted by atomic mass is 9.91. The second-order valence-corrected chi connectivity index (χ2v) is 13.8. The largest absolute Gasteiger partial charge is 0.455 e. The van der Waals surface area contributed by atoms with Gasteiger partial charge in [-0.25, -0.2) is 4.39 Å². The lowest BCUT2D eigenvalue weighted by molar-refractivity contribution is 0.628. The molecule has 0 unspecified atom stereocenters. The number of rotatable bonds is 7. The molecule has 0 spiro atoms. The normalized spacial score (nSPS) is 11.4. The summed E-state index contributed by atoms with van der Waals surface area (Å²) in [5.74, 6) is -0.240. The summed E-state index contributed by atoms with van der Waals surface area (Å²) < 4.78 is 20.4. The zero-order valence-corrected chi connectivity index (χ0v) is 29.9. The van der Waals surface area contributed by atoms with Gasteiger partial charge in [-0.2, -0.15) is 0 Å². The van der Waals surface area contributed by atoms with Gasteiger partial charge in [0.2, 0.25) is 0 Å². The molecule has 55 heavy (non-hydrogen) atoms. The van der Waals surface area contributed by atoms with E-state index in [0.717, 1.165) is 94.3 Å². The summed E-state index contributed by atoms with van der Waals surface area (Å²) >= 11 is 0. The third kappa shape index (κ3) is 5.93. The molecule has 0 radical (unpaired) electrons. The predicted molar refractivity (Wildman–Crippen MR) is 228 cm³/mol. The van der Waals surface area contributed by atoms with E-state index in [1.165, 1.54) is 12.1 Å². The average Bonchev–Trinajstić information content (AvgIpc) is 3.64. The van der Waals surface area contributed by atoms with Crippen LogP contribution < -0.4 is 4.90 Å². The Morgan fingerprint density at radius 3 is 1.64 bits per heavy atom. The van der Waals surface area contributed by atoms with E-state index < -0.39 is 0 Å². The number of furan rings is 1. The van der Waals surface area contributed by atoms with Crippen LogP contribution in [0, 0.1) is 5.82 Å². The summed E-state index contributed by atoms with van der Waals surface area (Å²) in [6.45, 7) is 0. The fraction of sp³-hybridized carbons (Fsp3) is 0. The van der Waals surface area contributed by atoms with Crippen LogP contribution in [0.1, 0.15) is 0 Å². The summed E-state index contributed by atoms with van der Waals surface area (Å²) in [5, 5.41) is 4.51. The van der Waals surface area contributed by atoms with Gasteiger partial charge in [0.15, 0.2) is 0 Å². The molecule has 0 bridgehead atoms. The molecule has 0 aliphatic heterocycles. The smallest absolute Gasteiger partial charge is 0.143 e. The van der Waals surface area contributed by atoms with Crippen LogP contribution in [-0.4, -0.2) is 0 Å². The molecule has 10 rings (SSSR count). The van der Waals surface area contributed by atoms with Crippen LogP contribution in [0.4, 0.5) is 21.5 Å². The molecule has 0 aliphatic rings. The number of nitrogens with zero attached hydrogens (tertiary/aromatic N) is 1. The summed E-state index contributed by atoms with van der Waals surface area (Å²) in [6, 6.07) is 70.9. The number of anilines is 3. The van der Waals surface area contributed by atoms with Crippen molar-refractivity contribution in [3.8, 4) is 44.5 Å². The fourth-order valence-electron chi connectivity index (χ4n) is 7.93. The number of fused-ring (bicyclic) bond motifs is 4. The maximum atomic E-state index is 13.9. The van der Waals surface area contributed by atoms with Crippen molar-refractivity contribution in [1.29, 1.82) is 0 Å². The zero-order valence-electron chi connectivity index (χ0n) is 29.9. The van der Waals surface area contributed by atoms with Gasteiger partial charge in [-0.1, -0.05) is 152 Å². The molecule has 0 aliphatic carbocycles. The molecule has 0 atom stereocenters. The van der Waals surface area contributed by atoms with Gasteiger partial charge in [0, 0.05) is 33.4 Å². The first-order valence-corrected chi connectivity index (χ1v) is 18.5. The number of halogens is 1. The minimum absolute atomic E-state index is 0.240. The minimum atomic E-state index is -0.240. The van der Waals surface area contributed by atoms with Crippen molar-refractivity contribution in [2.75, 3.05) is 4.90 Å². The first kappa shape index (κ1) is 32.4. The van der Waals surface area contributed by atoms with Gasteiger partial charge in [0.1, 0.15) is 17.0 Å². The monoisotopic (exact) mass is 707 g/mol. The quantitative estimate of drug-likeness (QED) is 0.164. The van der Waals surface area contributed by atoms with Gasteiger partial charge in [-0.05, 0) is 104 Å². The van der Waals surface area contributed by atoms with E-state index in [0.29, 0.717) is 0 Å². The van der Waals surface area contributed by atoms with Crippen molar-refractivity contribution < 1.29 is 8.81 Å². The second-order valence-electron chi connectivity index (χ2n) is 13.8. The minimum Gasteiger partial charge on any atom is -0.455 e. The van der Waals surface area contributed by atoms with Crippen LogP contribution in [0.2, 0.25) is 0 Å². The molecule has 260 valence electrons. The third-order valence-corrected chi connectivity index (χ3v) is 10.5. The van der Waals surface area contributed by atoms with Gasteiger partial charge in [0.25, 0.3) is 0 Å². The van der Waals surface area contributed by atoms with Gasteiger partial charge in [-0.3, -0.25) is 0 Å². The standard InChI is InChI=1S/C52H34FNO/c53-41-29-25-36(26-30-41)45-20-8-13-38-14-9-21-46(51(38)45)37-27-31-42(32-28-37)54(43-17-6-15-39(33-43)35-11-2-1-3-12-35)44-18-7-16-40(34-44)47-22-10-23-49-48-19-4-5-24-50(48)55-52(47)49/h1-34H. The van der Waals surface area contributed by atoms with E-state index >= 15 is 0 Å². The molecule has 2 nitrogen and oxygen atoms in total. The molecule has 0 N–H and O–H groups in total. The summed E-state index contributed by atoms with van der Waals surface area (Å²) in [4.78, 5) is 2.32. The zero-order chi connectivity index (χ0) is 36.7. The molecule has 1 aromatic heterocycles. The first-order valence-electron chi connectivity index (χ1n) is 18.5. The van der Waals surface area contributed by atoms with Crippen molar-refractivity contribution in [3.63, 3.8) is 0 Å². The van der Waals surface area contributed by atoms with E-state index in [1.807, 2.05) is 30.3 Å². The first-order chi connectivity index (χ1) is 27.2. The average molecular weight is 708 g/mol. The van der Waals surface area contributed by atoms with E-state index in [4.69, 9.17) is 4.42 Å². The van der Waals surface area contributed by atoms with Crippen LogP contribution in [0.3, 0.4) is 0 Å².